The Morgan fingerprint density at radius 1 is 1.33 bits per heavy atom. The van der Waals surface area contributed by atoms with Crippen LogP contribution in [0, 0.1) is 5.92 Å². The first-order valence-corrected chi connectivity index (χ1v) is 7.43. The molecule has 1 N–H and O–H groups in total. The molecule has 0 aliphatic rings. The minimum Gasteiger partial charge on any atom is -0.316 e. The monoisotopic (exact) mass is 251 g/mol. The molecule has 0 saturated heterocycles. The van der Waals surface area contributed by atoms with Crippen LogP contribution in [0.5, 0.6) is 0 Å². The summed E-state index contributed by atoms with van der Waals surface area (Å²) in [6.45, 7) is 7.66. The zero-order valence-electron chi connectivity index (χ0n) is 12.4. The number of aryl methyl sites for hydroxylation is 1. The molecule has 0 aliphatic heterocycles. The van der Waals surface area contributed by atoms with Crippen LogP contribution >= 0.6 is 0 Å². The molecule has 3 heteroatoms. The van der Waals surface area contributed by atoms with E-state index in [2.05, 4.69) is 44.4 Å². The quantitative estimate of drug-likeness (QED) is 0.730. The first-order valence-electron chi connectivity index (χ1n) is 7.43. The van der Waals surface area contributed by atoms with Gasteiger partial charge in [-0.15, -0.1) is 0 Å². The predicted octanol–water partition coefficient (Wildman–Crippen LogP) is 3.25. The first-order chi connectivity index (χ1) is 8.74. The Bertz CT molecular complexity index is 319. The lowest BCUT2D eigenvalue weighted by Gasteiger charge is -2.25. The molecule has 2 atom stereocenters. The molecule has 1 heterocycles. The summed E-state index contributed by atoms with van der Waals surface area (Å²) in [5.74, 6) is 0.778. The molecule has 3 nitrogen and oxygen atoms in total. The van der Waals surface area contributed by atoms with Gasteiger partial charge < -0.3 is 5.32 Å². The highest BCUT2D eigenvalue weighted by molar-refractivity contribution is 5.06. The maximum absolute atomic E-state index is 4.36. The molecule has 0 bridgehead atoms. The van der Waals surface area contributed by atoms with Crippen molar-refractivity contribution in [2.45, 2.75) is 65.5 Å². The Hall–Kier alpha value is -0.830. The van der Waals surface area contributed by atoms with E-state index in [1.54, 1.807) is 0 Å². The topological polar surface area (TPSA) is 29.9 Å². The molecule has 0 saturated carbocycles. The van der Waals surface area contributed by atoms with Crippen LogP contribution in [0.2, 0.25) is 0 Å². The lowest BCUT2D eigenvalue weighted by atomic mass is 9.88. The molecule has 1 aromatic heterocycles. The van der Waals surface area contributed by atoms with E-state index in [-0.39, 0.29) is 0 Å². The van der Waals surface area contributed by atoms with E-state index >= 15 is 0 Å². The SMILES string of the molecule is CCCCC(CC)C(Cc1cnn(CC)c1)NC. The maximum Gasteiger partial charge on any atom is 0.0522 e. The summed E-state index contributed by atoms with van der Waals surface area (Å²) < 4.78 is 2.01. The Balaban J connectivity index is 2.58. The summed E-state index contributed by atoms with van der Waals surface area (Å²) in [7, 11) is 2.09. The molecule has 0 radical (unpaired) electrons. The maximum atomic E-state index is 4.36. The van der Waals surface area contributed by atoms with Crippen LogP contribution in [0.4, 0.5) is 0 Å². The van der Waals surface area contributed by atoms with Crippen molar-refractivity contribution in [1.29, 1.82) is 0 Å². The number of rotatable bonds is 9. The summed E-state index contributed by atoms with van der Waals surface area (Å²) >= 11 is 0. The molecular weight excluding hydrogens is 222 g/mol. The number of aromatic nitrogens is 2. The molecule has 0 aliphatic carbocycles. The number of likely N-dealkylation sites (N-methyl/N-ethyl adjacent to an activating group) is 1. The second-order valence-electron chi connectivity index (χ2n) is 5.11. The van der Waals surface area contributed by atoms with Crippen molar-refractivity contribution in [3.63, 3.8) is 0 Å². The number of unbranched alkanes of at least 4 members (excludes halogenated alkanes) is 1. The zero-order chi connectivity index (χ0) is 13.4. The number of hydrogen-bond donors (Lipinski definition) is 1. The van der Waals surface area contributed by atoms with Crippen LogP contribution in [0.25, 0.3) is 0 Å². The fourth-order valence-corrected chi connectivity index (χ4v) is 2.60. The minimum atomic E-state index is 0.580. The van der Waals surface area contributed by atoms with Gasteiger partial charge in [0.1, 0.15) is 0 Å². The molecule has 1 aromatic rings. The van der Waals surface area contributed by atoms with Crippen molar-refractivity contribution in [2.75, 3.05) is 7.05 Å². The highest BCUT2D eigenvalue weighted by atomic mass is 15.3. The van der Waals surface area contributed by atoms with Crippen LogP contribution in [-0.4, -0.2) is 22.9 Å². The van der Waals surface area contributed by atoms with Gasteiger partial charge in [0.05, 0.1) is 6.20 Å². The number of hydrogen-bond acceptors (Lipinski definition) is 2. The molecule has 1 rings (SSSR count). The van der Waals surface area contributed by atoms with E-state index in [1.165, 1.54) is 31.2 Å². The van der Waals surface area contributed by atoms with Crippen molar-refractivity contribution in [3.05, 3.63) is 18.0 Å². The third-order valence-electron chi connectivity index (χ3n) is 3.86. The lowest BCUT2D eigenvalue weighted by molar-refractivity contribution is 0.330. The fourth-order valence-electron chi connectivity index (χ4n) is 2.60. The van der Waals surface area contributed by atoms with Gasteiger partial charge in [0.2, 0.25) is 0 Å². The van der Waals surface area contributed by atoms with E-state index < -0.39 is 0 Å². The van der Waals surface area contributed by atoms with Crippen LogP contribution in [-0.2, 0) is 13.0 Å². The molecule has 104 valence electrons. The number of nitrogens with zero attached hydrogens (tertiary/aromatic N) is 2. The van der Waals surface area contributed by atoms with Crippen molar-refractivity contribution in [3.8, 4) is 0 Å². The Labute approximate surface area is 112 Å². The van der Waals surface area contributed by atoms with Gasteiger partial charge in [0.25, 0.3) is 0 Å². The molecule has 18 heavy (non-hydrogen) atoms. The molecule has 0 aromatic carbocycles. The smallest absolute Gasteiger partial charge is 0.0522 e. The van der Waals surface area contributed by atoms with E-state index in [0.717, 1.165) is 18.9 Å². The summed E-state index contributed by atoms with van der Waals surface area (Å²) in [4.78, 5) is 0. The van der Waals surface area contributed by atoms with Gasteiger partial charge in [-0.1, -0.05) is 33.1 Å². The summed E-state index contributed by atoms with van der Waals surface area (Å²) in [5, 5.41) is 7.86. The van der Waals surface area contributed by atoms with Crippen LogP contribution in [0.15, 0.2) is 12.4 Å². The summed E-state index contributed by atoms with van der Waals surface area (Å²) in [6, 6.07) is 0.580. The van der Waals surface area contributed by atoms with Gasteiger partial charge in [0, 0.05) is 18.8 Å². The summed E-state index contributed by atoms with van der Waals surface area (Å²) in [5.41, 5.74) is 1.35. The van der Waals surface area contributed by atoms with Gasteiger partial charge in [-0.05, 0) is 38.3 Å². The second kappa shape index (κ2) is 8.30. The molecule has 2 unspecified atom stereocenters. The predicted molar refractivity (Wildman–Crippen MR) is 77.8 cm³/mol. The highest BCUT2D eigenvalue weighted by Gasteiger charge is 2.18. The van der Waals surface area contributed by atoms with Crippen LogP contribution < -0.4 is 5.32 Å². The molecular formula is C15H29N3. The molecule has 0 amide bonds. The van der Waals surface area contributed by atoms with E-state index in [9.17, 15) is 0 Å². The van der Waals surface area contributed by atoms with Crippen molar-refractivity contribution in [1.82, 2.24) is 15.1 Å². The van der Waals surface area contributed by atoms with Crippen molar-refractivity contribution < 1.29 is 0 Å². The Kier molecular flexibility index (Phi) is 7.02. The molecule has 0 fully saturated rings. The Morgan fingerprint density at radius 3 is 2.61 bits per heavy atom. The van der Waals surface area contributed by atoms with Crippen LogP contribution in [0.3, 0.4) is 0 Å². The Morgan fingerprint density at radius 2 is 2.11 bits per heavy atom. The van der Waals surface area contributed by atoms with Gasteiger partial charge in [0.15, 0.2) is 0 Å². The zero-order valence-corrected chi connectivity index (χ0v) is 12.4. The summed E-state index contributed by atoms with van der Waals surface area (Å²) in [6.07, 6.45) is 10.5. The second-order valence-corrected chi connectivity index (χ2v) is 5.11. The van der Waals surface area contributed by atoms with Gasteiger partial charge in [-0.3, -0.25) is 4.68 Å². The lowest BCUT2D eigenvalue weighted by Crippen LogP contribution is -2.35. The third kappa shape index (κ3) is 4.45. The minimum absolute atomic E-state index is 0.580. The molecule has 0 spiro atoms. The van der Waals surface area contributed by atoms with Gasteiger partial charge >= 0.3 is 0 Å². The largest absolute Gasteiger partial charge is 0.316 e. The van der Waals surface area contributed by atoms with Crippen molar-refractivity contribution in [2.24, 2.45) is 5.92 Å². The van der Waals surface area contributed by atoms with E-state index in [4.69, 9.17) is 0 Å². The first kappa shape index (κ1) is 15.2. The fraction of sp³-hybridized carbons (Fsp3) is 0.800. The van der Waals surface area contributed by atoms with Crippen LogP contribution in [0.1, 0.15) is 52.0 Å². The number of nitrogens with one attached hydrogen (secondary N) is 1. The van der Waals surface area contributed by atoms with E-state index in [1.807, 2.05) is 10.9 Å². The standard InChI is InChI=1S/C15H29N3/c1-5-8-9-14(6-2)15(16-4)10-13-11-17-18(7-3)12-13/h11-12,14-16H,5-10H2,1-4H3. The van der Waals surface area contributed by atoms with Crippen molar-refractivity contribution >= 4 is 0 Å². The normalized spacial score (nSPS) is 14.7. The average Bonchev–Trinajstić information content (AvgIpc) is 2.85. The van der Waals surface area contributed by atoms with Gasteiger partial charge in [-0.25, -0.2) is 0 Å². The highest BCUT2D eigenvalue weighted by Crippen LogP contribution is 2.20. The third-order valence-corrected chi connectivity index (χ3v) is 3.86. The average molecular weight is 251 g/mol. The van der Waals surface area contributed by atoms with Gasteiger partial charge in [-0.2, -0.15) is 5.10 Å². The van der Waals surface area contributed by atoms with E-state index in [0.29, 0.717) is 6.04 Å².